The van der Waals surface area contributed by atoms with Gasteiger partial charge in [0, 0.05) is 17.5 Å². The summed E-state index contributed by atoms with van der Waals surface area (Å²) < 4.78 is 4.80. The highest BCUT2D eigenvalue weighted by atomic mass is 35.5. The number of alkyl halides is 1. The Balaban J connectivity index is 3.03. The number of aryl methyl sites for hydroxylation is 1. The minimum absolute atomic E-state index is 0.0642. The van der Waals surface area contributed by atoms with Crippen molar-refractivity contribution in [1.29, 1.82) is 0 Å². The van der Waals surface area contributed by atoms with Crippen molar-refractivity contribution >= 4 is 23.3 Å². The molecule has 0 spiro atoms. The number of nitrogens with zero attached hydrogens (tertiary/aromatic N) is 1. The van der Waals surface area contributed by atoms with E-state index in [4.69, 9.17) is 16.3 Å². The summed E-state index contributed by atoms with van der Waals surface area (Å²) in [5.41, 5.74) is 0.706. The average Bonchev–Trinajstić information content (AvgIpc) is 2.36. The Hall–Kier alpha value is -1.62. The van der Waals surface area contributed by atoms with Crippen LogP contribution in [0.2, 0.25) is 0 Å². The van der Waals surface area contributed by atoms with E-state index in [0.717, 1.165) is 0 Å². The largest absolute Gasteiger partial charge is 0.462 e. The molecule has 5 nitrogen and oxygen atoms in total. The second kappa shape index (κ2) is 6.96. The highest BCUT2D eigenvalue weighted by molar-refractivity contribution is 6.17. The first kappa shape index (κ1) is 14.4. The van der Waals surface area contributed by atoms with E-state index in [1.807, 2.05) is 0 Å². The van der Waals surface area contributed by atoms with Crippen LogP contribution in [0.25, 0.3) is 0 Å². The summed E-state index contributed by atoms with van der Waals surface area (Å²) in [4.78, 5) is 21.9. The van der Waals surface area contributed by atoms with Gasteiger partial charge >= 0.3 is 5.97 Å². The van der Waals surface area contributed by atoms with E-state index in [2.05, 4.69) is 0 Å². The number of rotatable bonds is 6. The maximum Gasteiger partial charge on any atom is 0.338 e. The van der Waals surface area contributed by atoms with Crippen molar-refractivity contribution in [3.05, 3.63) is 39.4 Å². The summed E-state index contributed by atoms with van der Waals surface area (Å²) in [6.45, 7) is 1.92. The molecule has 0 atom stereocenters. The molecule has 0 amide bonds. The van der Waals surface area contributed by atoms with Crippen LogP contribution in [-0.4, -0.2) is 23.4 Å². The minimum atomic E-state index is -0.551. The second-order valence-corrected chi connectivity index (χ2v) is 3.99. The fourth-order valence-electron chi connectivity index (χ4n) is 1.54. The summed E-state index contributed by atoms with van der Waals surface area (Å²) in [7, 11) is 0. The number of halogens is 1. The lowest BCUT2D eigenvalue weighted by molar-refractivity contribution is -0.385. The van der Waals surface area contributed by atoms with Crippen LogP contribution >= 0.6 is 11.6 Å². The smallest absolute Gasteiger partial charge is 0.338 e. The van der Waals surface area contributed by atoms with Crippen molar-refractivity contribution in [3.8, 4) is 0 Å². The quantitative estimate of drug-likeness (QED) is 0.345. The Morgan fingerprint density at radius 1 is 1.50 bits per heavy atom. The number of esters is 1. The average molecular weight is 272 g/mol. The van der Waals surface area contributed by atoms with Gasteiger partial charge in [-0.15, -0.1) is 11.6 Å². The molecule has 18 heavy (non-hydrogen) atoms. The molecule has 1 aromatic rings. The molecule has 1 aromatic carbocycles. The maximum atomic E-state index is 11.5. The summed E-state index contributed by atoms with van der Waals surface area (Å²) in [6, 6.07) is 4.37. The lowest BCUT2D eigenvalue weighted by Gasteiger charge is -2.05. The molecule has 98 valence electrons. The number of carbonyl (C=O) groups excluding carboxylic acids is 1. The molecular formula is C12H14ClNO4. The number of hydrogen-bond donors (Lipinski definition) is 0. The summed E-state index contributed by atoms with van der Waals surface area (Å²) in [6.07, 6.45) is 1.17. The van der Waals surface area contributed by atoms with Gasteiger partial charge in [0.2, 0.25) is 0 Å². The predicted octanol–water partition coefficient (Wildman–Crippen LogP) is 2.94. The minimum Gasteiger partial charge on any atom is -0.462 e. The molecule has 0 heterocycles. The molecule has 0 fully saturated rings. The van der Waals surface area contributed by atoms with Gasteiger partial charge in [-0.25, -0.2) is 4.79 Å². The molecule has 0 unspecified atom stereocenters. The van der Waals surface area contributed by atoms with Crippen LogP contribution in [0.3, 0.4) is 0 Å². The molecule has 0 aliphatic heterocycles. The van der Waals surface area contributed by atoms with E-state index in [1.54, 1.807) is 13.0 Å². The van der Waals surface area contributed by atoms with Gasteiger partial charge in [0.05, 0.1) is 17.1 Å². The monoisotopic (exact) mass is 271 g/mol. The van der Waals surface area contributed by atoms with E-state index >= 15 is 0 Å². The molecular weight excluding hydrogens is 258 g/mol. The van der Waals surface area contributed by atoms with Gasteiger partial charge in [0.1, 0.15) is 0 Å². The molecule has 0 bridgehead atoms. The summed E-state index contributed by atoms with van der Waals surface area (Å²) in [5, 5.41) is 10.9. The Morgan fingerprint density at radius 2 is 2.22 bits per heavy atom. The van der Waals surface area contributed by atoms with Crippen LogP contribution in [0.5, 0.6) is 0 Å². The SMILES string of the molecule is CCOC(=O)c1ccc(CCCCl)c([N+](=O)[O-])c1. The number of benzene rings is 1. The first-order valence-corrected chi connectivity index (χ1v) is 6.14. The van der Waals surface area contributed by atoms with Gasteiger partial charge in [0.15, 0.2) is 0 Å². The van der Waals surface area contributed by atoms with Crippen LogP contribution in [-0.2, 0) is 11.2 Å². The number of carbonyl (C=O) groups is 1. The molecule has 0 aliphatic rings. The maximum absolute atomic E-state index is 11.5. The predicted molar refractivity (Wildman–Crippen MR) is 68.1 cm³/mol. The van der Waals surface area contributed by atoms with E-state index in [9.17, 15) is 14.9 Å². The van der Waals surface area contributed by atoms with Crippen molar-refractivity contribution in [2.45, 2.75) is 19.8 Å². The lowest BCUT2D eigenvalue weighted by Crippen LogP contribution is -2.06. The Kier molecular flexibility index (Phi) is 5.58. The van der Waals surface area contributed by atoms with Gasteiger partial charge in [0.25, 0.3) is 5.69 Å². The Labute approximate surface area is 110 Å². The normalized spacial score (nSPS) is 10.1. The zero-order valence-electron chi connectivity index (χ0n) is 10.0. The topological polar surface area (TPSA) is 69.4 Å². The highest BCUT2D eigenvalue weighted by Gasteiger charge is 2.17. The van der Waals surface area contributed by atoms with Crippen molar-refractivity contribution in [2.24, 2.45) is 0 Å². The van der Waals surface area contributed by atoms with Crippen molar-refractivity contribution in [2.75, 3.05) is 12.5 Å². The number of hydrogen-bond acceptors (Lipinski definition) is 4. The summed E-state index contributed by atoms with van der Waals surface area (Å²) >= 11 is 5.56. The molecule has 0 saturated heterocycles. The van der Waals surface area contributed by atoms with Gasteiger partial charge in [-0.2, -0.15) is 0 Å². The Morgan fingerprint density at radius 3 is 2.78 bits per heavy atom. The zero-order valence-corrected chi connectivity index (χ0v) is 10.8. The second-order valence-electron chi connectivity index (χ2n) is 3.61. The van der Waals surface area contributed by atoms with Gasteiger partial charge in [-0.3, -0.25) is 10.1 Å². The van der Waals surface area contributed by atoms with Crippen LogP contribution in [0.1, 0.15) is 29.3 Å². The molecule has 0 aliphatic carbocycles. The van der Waals surface area contributed by atoms with E-state index in [1.165, 1.54) is 12.1 Å². The first-order chi connectivity index (χ1) is 8.60. The fraction of sp³-hybridized carbons (Fsp3) is 0.417. The van der Waals surface area contributed by atoms with Gasteiger partial charge in [-0.1, -0.05) is 6.07 Å². The third-order valence-corrected chi connectivity index (χ3v) is 2.64. The van der Waals surface area contributed by atoms with E-state index < -0.39 is 10.9 Å². The van der Waals surface area contributed by atoms with Crippen molar-refractivity contribution in [1.82, 2.24) is 0 Å². The zero-order chi connectivity index (χ0) is 13.5. The number of nitro benzene ring substituents is 1. The fourth-order valence-corrected chi connectivity index (χ4v) is 1.68. The standard InChI is InChI=1S/C12H14ClNO4/c1-2-18-12(15)10-6-5-9(4-3-7-13)11(8-10)14(16)17/h5-6,8H,2-4,7H2,1H3. The van der Waals surface area contributed by atoms with E-state index in [-0.39, 0.29) is 17.9 Å². The van der Waals surface area contributed by atoms with Crippen LogP contribution in [0, 0.1) is 10.1 Å². The highest BCUT2D eigenvalue weighted by Crippen LogP contribution is 2.22. The van der Waals surface area contributed by atoms with Gasteiger partial charge < -0.3 is 4.74 Å². The third kappa shape index (κ3) is 3.70. The number of nitro groups is 1. The molecule has 6 heteroatoms. The molecule has 0 aromatic heterocycles. The van der Waals surface area contributed by atoms with Crippen LogP contribution in [0.4, 0.5) is 5.69 Å². The third-order valence-electron chi connectivity index (χ3n) is 2.37. The Bertz CT molecular complexity index is 448. The molecule has 1 rings (SSSR count). The van der Waals surface area contributed by atoms with Crippen molar-refractivity contribution < 1.29 is 14.5 Å². The summed E-state index contributed by atoms with van der Waals surface area (Å²) in [5.74, 6) is -0.110. The lowest BCUT2D eigenvalue weighted by atomic mass is 10.1. The van der Waals surface area contributed by atoms with E-state index in [0.29, 0.717) is 24.3 Å². The van der Waals surface area contributed by atoms with Crippen LogP contribution < -0.4 is 0 Å². The molecule has 0 saturated carbocycles. The van der Waals surface area contributed by atoms with Crippen molar-refractivity contribution in [3.63, 3.8) is 0 Å². The molecule has 0 N–H and O–H groups in total. The van der Waals surface area contributed by atoms with Gasteiger partial charge in [-0.05, 0) is 25.8 Å². The molecule has 0 radical (unpaired) electrons. The van der Waals surface area contributed by atoms with Crippen LogP contribution in [0.15, 0.2) is 18.2 Å². The number of ether oxygens (including phenoxy) is 1. The first-order valence-electron chi connectivity index (χ1n) is 5.60.